The zero-order chi connectivity index (χ0) is 19.7. The number of carbonyl (C=O) groups is 1. The lowest BCUT2D eigenvalue weighted by atomic mass is 9.74. The number of hydrogen-bond donors (Lipinski definition) is 0. The highest BCUT2D eigenvalue weighted by Gasteiger charge is 2.42. The van der Waals surface area contributed by atoms with E-state index in [0.29, 0.717) is 6.61 Å². The van der Waals surface area contributed by atoms with Crippen molar-refractivity contribution in [2.24, 2.45) is 5.41 Å². The van der Waals surface area contributed by atoms with Crippen LogP contribution >= 0.6 is 0 Å². The van der Waals surface area contributed by atoms with Gasteiger partial charge in [-0.25, -0.2) is 0 Å². The summed E-state index contributed by atoms with van der Waals surface area (Å²) in [6, 6.07) is 20.5. The fraction of sp³-hybridized carbons (Fsp3) is 0.400. The Bertz CT molecular complexity index is 797. The third kappa shape index (κ3) is 5.47. The molecule has 0 atom stereocenters. The number of hydrogen-bond acceptors (Lipinski definition) is 3. The van der Waals surface area contributed by atoms with Crippen LogP contribution in [-0.2, 0) is 16.0 Å². The predicted molar refractivity (Wildman–Crippen MR) is 113 cm³/mol. The SMILES string of the molecule is CCOC(=O)C1(CCc2ccccc2)CCN(CC#Cc2ccccc2)CC1. The van der Waals surface area contributed by atoms with Gasteiger partial charge >= 0.3 is 5.97 Å². The summed E-state index contributed by atoms with van der Waals surface area (Å²) in [5.74, 6) is 6.46. The molecular formula is C25H29NO2. The van der Waals surface area contributed by atoms with Crippen LogP contribution in [0.3, 0.4) is 0 Å². The standard InChI is InChI=1S/C25H29NO2/c1-2-28-24(27)25(16-15-23-12-7-4-8-13-23)17-20-26(21-18-25)19-9-14-22-10-5-3-6-11-22/h3-8,10-13H,2,15-21H2,1H3. The van der Waals surface area contributed by atoms with E-state index in [1.165, 1.54) is 5.56 Å². The number of aryl methyl sites for hydroxylation is 1. The summed E-state index contributed by atoms with van der Waals surface area (Å²) < 4.78 is 5.46. The normalized spacial score (nSPS) is 16.0. The van der Waals surface area contributed by atoms with E-state index in [4.69, 9.17) is 4.74 Å². The molecule has 1 aliphatic heterocycles. The first-order valence-corrected chi connectivity index (χ1v) is 10.2. The van der Waals surface area contributed by atoms with E-state index in [1.54, 1.807) is 0 Å². The first kappa shape index (κ1) is 20.2. The van der Waals surface area contributed by atoms with Crippen molar-refractivity contribution in [2.75, 3.05) is 26.2 Å². The lowest BCUT2D eigenvalue weighted by molar-refractivity contribution is -0.159. The number of ether oxygens (including phenoxy) is 1. The van der Waals surface area contributed by atoms with Crippen molar-refractivity contribution in [3.63, 3.8) is 0 Å². The number of piperidine rings is 1. The summed E-state index contributed by atoms with van der Waals surface area (Å²) in [5.41, 5.74) is 1.96. The highest BCUT2D eigenvalue weighted by atomic mass is 16.5. The van der Waals surface area contributed by atoms with Gasteiger partial charge in [-0.15, -0.1) is 0 Å². The Labute approximate surface area is 168 Å². The Morgan fingerprint density at radius 1 is 1.04 bits per heavy atom. The molecule has 0 N–H and O–H groups in total. The molecule has 3 rings (SSSR count). The highest BCUT2D eigenvalue weighted by Crippen LogP contribution is 2.37. The molecule has 1 fully saturated rings. The summed E-state index contributed by atoms with van der Waals surface area (Å²) >= 11 is 0. The maximum atomic E-state index is 12.8. The van der Waals surface area contributed by atoms with Gasteiger partial charge in [0.1, 0.15) is 0 Å². The van der Waals surface area contributed by atoms with Crippen LogP contribution in [0.4, 0.5) is 0 Å². The summed E-state index contributed by atoms with van der Waals surface area (Å²) in [7, 11) is 0. The van der Waals surface area contributed by atoms with Gasteiger partial charge in [0.2, 0.25) is 0 Å². The van der Waals surface area contributed by atoms with Gasteiger partial charge in [0.15, 0.2) is 0 Å². The Morgan fingerprint density at radius 2 is 1.68 bits per heavy atom. The summed E-state index contributed by atoms with van der Waals surface area (Å²) in [4.78, 5) is 15.1. The Kier molecular flexibility index (Phi) is 7.28. The average Bonchev–Trinajstić information content (AvgIpc) is 2.75. The second-order valence-corrected chi connectivity index (χ2v) is 7.43. The maximum Gasteiger partial charge on any atom is 0.312 e. The molecule has 2 aromatic rings. The molecule has 3 heteroatoms. The van der Waals surface area contributed by atoms with Gasteiger partial charge in [-0.05, 0) is 50.3 Å². The van der Waals surface area contributed by atoms with Gasteiger partial charge in [-0.3, -0.25) is 9.69 Å². The molecule has 0 aromatic heterocycles. The Morgan fingerprint density at radius 3 is 2.32 bits per heavy atom. The zero-order valence-corrected chi connectivity index (χ0v) is 16.7. The van der Waals surface area contributed by atoms with E-state index >= 15 is 0 Å². The first-order chi connectivity index (χ1) is 13.7. The number of nitrogens with zero attached hydrogens (tertiary/aromatic N) is 1. The second kappa shape index (κ2) is 10.1. The van der Waals surface area contributed by atoms with Gasteiger partial charge in [0, 0.05) is 18.7 Å². The Balaban J connectivity index is 1.59. The van der Waals surface area contributed by atoms with Gasteiger partial charge < -0.3 is 4.74 Å². The van der Waals surface area contributed by atoms with E-state index in [9.17, 15) is 4.79 Å². The molecule has 0 spiro atoms. The van der Waals surface area contributed by atoms with Crippen molar-refractivity contribution in [3.8, 4) is 11.8 Å². The zero-order valence-electron chi connectivity index (χ0n) is 16.7. The molecule has 2 aromatic carbocycles. The van der Waals surface area contributed by atoms with E-state index < -0.39 is 0 Å². The molecule has 3 nitrogen and oxygen atoms in total. The monoisotopic (exact) mass is 375 g/mol. The lowest BCUT2D eigenvalue weighted by Crippen LogP contribution is -2.45. The molecule has 1 saturated heterocycles. The molecular weight excluding hydrogens is 346 g/mol. The summed E-state index contributed by atoms with van der Waals surface area (Å²) in [6.45, 7) is 4.84. The van der Waals surface area contributed by atoms with Crippen molar-refractivity contribution >= 4 is 5.97 Å². The molecule has 0 bridgehead atoms. The molecule has 0 saturated carbocycles. The van der Waals surface area contributed by atoms with Crippen molar-refractivity contribution in [1.29, 1.82) is 0 Å². The van der Waals surface area contributed by atoms with Gasteiger partial charge in [-0.1, -0.05) is 60.4 Å². The largest absolute Gasteiger partial charge is 0.466 e. The van der Waals surface area contributed by atoms with Crippen LogP contribution in [0.1, 0.15) is 37.3 Å². The van der Waals surface area contributed by atoms with Gasteiger partial charge in [0.25, 0.3) is 0 Å². The average molecular weight is 376 g/mol. The highest BCUT2D eigenvalue weighted by molar-refractivity contribution is 5.77. The third-order valence-electron chi connectivity index (χ3n) is 5.57. The van der Waals surface area contributed by atoms with Crippen molar-refractivity contribution in [2.45, 2.75) is 32.6 Å². The topological polar surface area (TPSA) is 29.5 Å². The van der Waals surface area contributed by atoms with Crippen LogP contribution in [-0.4, -0.2) is 37.1 Å². The fourth-order valence-corrected chi connectivity index (χ4v) is 3.78. The van der Waals surface area contributed by atoms with Crippen molar-refractivity contribution in [1.82, 2.24) is 4.90 Å². The first-order valence-electron chi connectivity index (χ1n) is 10.2. The number of esters is 1. The van der Waals surface area contributed by atoms with Crippen molar-refractivity contribution < 1.29 is 9.53 Å². The third-order valence-corrected chi connectivity index (χ3v) is 5.57. The molecule has 1 heterocycles. The van der Waals surface area contributed by atoms with Crippen LogP contribution in [0.15, 0.2) is 60.7 Å². The van der Waals surface area contributed by atoms with E-state index in [2.05, 4.69) is 41.0 Å². The van der Waals surface area contributed by atoms with E-state index in [-0.39, 0.29) is 11.4 Å². The van der Waals surface area contributed by atoms with E-state index in [0.717, 1.165) is 50.9 Å². The van der Waals surface area contributed by atoms with E-state index in [1.807, 2.05) is 43.3 Å². The minimum absolute atomic E-state index is 0.0269. The molecule has 0 amide bonds. The van der Waals surface area contributed by atoms with Gasteiger partial charge in [-0.2, -0.15) is 0 Å². The molecule has 0 aliphatic carbocycles. The lowest BCUT2D eigenvalue weighted by Gasteiger charge is -2.39. The Hall–Kier alpha value is -2.57. The number of benzene rings is 2. The molecule has 0 radical (unpaired) electrons. The summed E-state index contributed by atoms with van der Waals surface area (Å²) in [6.07, 6.45) is 3.43. The number of likely N-dealkylation sites (tertiary alicyclic amines) is 1. The smallest absolute Gasteiger partial charge is 0.312 e. The second-order valence-electron chi connectivity index (χ2n) is 7.43. The van der Waals surface area contributed by atoms with Crippen LogP contribution in [0.25, 0.3) is 0 Å². The van der Waals surface area contributed by atoms with Crippen LogP contribution in [0.2, 0.25) is 0 Å². The molecule has 28 heavy (non-hydrogen) atoms. The maximum absolute atomic E-state index is 12.8. The minimum Gasteiger partial charge on any atom is -0.466 e. The van der Waals surface area contributed by atoms with Crippen molar-refractivity contribution in [3.05, 3.63) is 71.8 Å². The summed E-state index contributed by atoms with van der Waals surface area (Å²) in [5, 5.41) is 0. The molecule has 0 unspecified atom stereocenters. The minimum atomic E-state index is -0.366. The quantitative estimate of drug-likeness (QED) is 0.556. The molecule has 146 valence electrons. The predicted octanol–water partition coefficient (Wildman–Crippen LogP) is 4.32. The molecule has 1 aliphatic rings. The van der Waals surface area contributed by atoms with Gasteiger partial charge in [0.05, 0.1) is 18.6 Å². The van der Waals surface area contributed by atoms with Crippen LogP contribution in [0, 0.1) is 17.3 Å². The number of carbonyl (C=O) groups excluding carboxylic acids is 1. The fourth-order valence-electron chi connectivity index (χ4n) is 3.78. The van der Waals surface area contributed by atoms with Crippen LogP contribution in [0.5, 0.6) is 0 Å². The van der Waals surface area contributed by atoms with Crippen LogP contribution < -0.4 is 0 Å². The number of rotatable bonds is 6.